The van der Waals surface area contributed by atoms with E-state index in [1.165, 1.54) is 19.3 Å². The van der Waals surface area contributed by atoms with Crippen molar-refractivity contribution in [2.75, 3.05) is 0 Å². The number of benzene rings is 1. The molecule has 0 aromatic heterocycles. The van der Waals surface area contributed by atoms with Crippen LogP contribution in [-0.2, 0) is 0 Å². The van der Waals surface area contributed by atoms with Crippen LogP contribution in [-0.4, -0.2) is 18.0 Å². The smallest absolute Gasteiger partial charge is 0.251 e. The van der Waals surface area contributed by atoms with E-state index in [9.17, 15) is 4.79 Å². The number of halogens is 1. The minimum atomic E-state index is 0.0451. The Balaban J connectivity index is 1.72. The molecule has 2 unspecified atom stereocenters. The number of fused-ring (bicyclic) bond motifs is 2. The molecule has 3 rings (SSSR count). The first-order valence-electron chi connectivity index (χ1n) is 7.45. The summed E-state index contributed by atoms with van der Waals surface area (Å²) in [6.45, 7) is 0. The molecule has 4 heteroatoms. The van der Waals surface area contributed by atoms with Crippen molar-refractivity contribution in [3.05, 3.63) is 34.3 Å². The predicted molar refractivity (Wildman–Crippen MR) is 83.4 cm³/mol. The van der Waals surface area contributed by atoms with E-state index in [1.807, 2.05) is 24.3 Å². The number of hydrogen-bond donors (Lipinski definition) is 2. The number of carbonyl (C=O) groups is 1. The summed E-state index contributed by atoms with van der Waals surface area (Å²) in [5.41, 5.74) is 6.86. The van der Waals surface area contributed by atoms with Crippen LogP contribution >= 0.6 is 15.9 Å². The molecule has 2 aliphatic rings. The van der Waals surface area contributed by atoms with Crippen LogP contribution < -0.4 is 11.1 Å². The first-order valence-corrected chi connectivity index (χ1v) is 8.25. The van der Waals surface area contributed by atoms with Gasteiger partial charge in [0.2, 0.25) is 0 Å². The van der Waals surface area contributed by atoms with Gasteiger partial charge in [-0.2, -0.15) is 0 Å². The van der Waals surface area contributed by atoms with Crippen LogP contribution in [0.5, 0.6) is 0 Å². The fourth-order valence-corrected chi connectivity index (χ4v) is 4.29. The van der Waals surface area contributed by atoms with Crippen molar-refractivity contribution >= 4 is 21.8 Å². The molecule has 3 N–H and O–H groups in total. The van der Waals surface area contributed by atoms with Gasteiger partial charge < -0.3 is 11.1 Å². The molecule has 2 bridgehead atoms. The number of nitrogens with one attached hydrogen (secondary N) is 1. The fraction of sp³-hybridized carbons (Fsp3) is 0.562. The Labute approximate surface area is 128 Å². The topological polar surface area (TPSA) is 55.1 Å². The van der Waals surface area contributed by atoms with Crippen LogP contribution in [0.25, 0.3) is 0 Å². The maximum Gasteiger partial charge on any atom is 0.251 e. The quantitative estimate of drug-likeness (QED) is 0.871. The summed E-state index contributed by atoms with van der Waals surface area (Å²) in [6.07, 6.45) is 5.80. The lowest BCUT2D eigenvalue weighted by Crippen LogP contribution is -2.53. The standard InChI is InChI=1S/C16H21BrN2O/c17-13-6-2-5-12(7-13)16(20)19-15-10-3-1-4-11(15)9-14(18)8-10/h2,5-7,10-11,14-15H,1,3-4,8-9,18H2,(H,19,20). The Hall–Kier alpha value is -0.870. The Kier molecular flexibility index (Phi) is 4.13. The maximum absolute atomic E-state index is 12.4. The third kappa shape index (κ3) is 2.91. The number of hydrogen-bond acceptors (Lipinski definition) is 2. The molecular weight excluding hydrogens is 316 g/mol. The van der Waals surface area contributed by atoms with Crippen molar-refractivity contribution < 1.29 is 4.79 Å². The van der Waals surface area contributed by atoms with Gasteiger partial charge >= 0.3 is 0 Å². The monoisotopic (exact) mass is 336 g/mol. The maximum atomic E-state index is 12.4. The summed E-state index contributed by atoms with van der Waals surface area (Å²) in [5, 5.41) is 3.27. The van der Waals surface area contributed by atoms with Gasteiger partial charge in [0.05, 0.1) is 0 Å². The van der Waals surface area contributed by atoms with Crippen LogP contribution in [0.3, 0.4) is 0 Å². The third-order valence-corrected chi connectivity index (χ3v) is 5.25. The summed E-state index contributed by atoms with van der Waals surface area (Å²) in [7, 11) is 0. The van der Waals surface area contributed by atoms with Gasteiger partial charge in [-0.05, 0) is 55.7 Å². The number of amides is 1. The van der Waals surface area contributed by atoms with Gasteiger partial charge in [0, 0.05) is 22.1 Å². The highest BCUT2D eigenvalue weighted by Gasteiger charge is 2.39. The van der Waals surface area contributed by atoms with Gasteiger partial charge in [-0.15, -0.1) is 0 Å². The van der Waals surface area contributed by atoms with Gasteiger partial charge in [0.25, 0.3) is 5.91 Å². The molecule has 3 nitrogen and oxygen atoms in total. The molecule has 2 fully saturated rings. The average molecular weight is 337 g/mol. The van der Waals surface area contributed by atoms with Gasteiger partial charge in [-0.25, -0.2) is 0 Å². The molecule has 0 heterocycles. The highest BCUT2D eigenvalue weighted by molar-refractivity contribution is 9.10. The number of rotatable bonds is 2. The molecule has 0 spiro atoms. The van der Waals surface area contributed by atoms with Crippen LogP contribution in [0.4, 0.5) is 0 Å². The van der Waals surface area contributed by atoms with Crippen LogP contribution in [0, 0.1) is 11.8 Å². The Morgan fingerprint density at radius 2 is 1.95 bits per heavy atom. The summed E-state index contributed by atoms with van der Waals surface area (Å²) in [4.78, 5) is 12.4. The number of nitrogens with two attached hydrogens (primary N) is 1. The van der Waals surface area contributed by atoms with E-state index in [-0.39, 0.29) is 5.91 Å². The van der Waals surface area contributed by atoms with Crippen molar-refractivity contribution in [3.8, 4) is 0 Å². The molecule has 108 valence electrons. The molecular formula is C16H21BrN2O. The molecule has 0 aliphatic heterocycles. The molecule has 0 saturated heterocycles. The molecule has 0 radical (unpaired) electrons. The van der Waals surface area contributed by atoms with Crippen molar-refractivity contribution in [2.45, 2.75) is 44.2 Å². The van der Waals surface area contributed by atoms with Gasteiger partial charge in [0.15, 0.2) is 0 Å². The lowest BCUT2D eigenvalue weighted by atomic mass is 9.67. The fourth-order valence-electron chi connectivity index (χ4n) is 3.89. The lowest BCUT2D eigenvalue weighted by Gasteiger charge is -2.45. The molecule has 1 amide bonds. The van der Waals surface area contributed by atoms with E-state index in [2.05, 4.69) is 21.2 Å². The zero-order valence-electron chi connectivity index (χ0n) is 11.5. The van der Waals surface area contributed by atoms with E-state index >= 15 is 0 Å². The summed E-state index contributed by atoms with van der Waals surface area (Å²) in [6, 6.07) is 8.21. The van der Waals surface area contributed by atoms with Crippen LogP contribution in [0.2, 0.25) is 0 Å². The van der Waals surface area contributed by atoms with E-state index in [4.69, 9.17) is 5.73 Å². The second kappa shape index (κ2) is 5.86. The second-order valence-corrected chi connectivity index (χ2v) is 7.11. The molecule has 1 aromatic carbocycles. The van der Waals surface area contributed by atoms with Gasteiger partial charge in [-0.1, -0.05) is 28.4 Å². The lowest BCUT2D eigenvalue weighted by molar-refractivity contribution is 0.0756. The largest absolute Gasteiger partial charge is 0.349 e. The van der Waals surface area contributed by atoms with Crippen LogP contribution in [0.1, 0.15) is 42.5 Å². The van der Waals surface area contributed by atoms with Crippen molar-refractivity contribution in [1.82, 2.24) is 5.32 Å². The highest BCUT2D eigenvalue weighted by atomic mass is 79.9. The second-order valence-electron chi connectivity index (χ2n) is 6.19. The Morgan fingerprint density at radius 3 is 2.60 bits per heavy atom. The SMILES string of the molecule is NC1CC2CCCC(C1)C2NC(=O)c1cccc(Br)c1. The minimum absolute atomic E-state index is 0.0451. The predicted octanol–water partition coefficient (Wildman–Crippen LogP) is 3.08. The van der Waals surface area contributed by atoms with Crippen molar-refractivity contribution in [3.63, 3.8) is 0 Å². The van der Waals surface area contributed by atoms with Crippen molar-refractivity contribution in [1.29, 1.82) is 0 Å². The zero-order valence-corrected chi connectivity index (χ0v) is 13.1. The highest BCUT2D eigenvalue weighted by Crippen LogP contribution is 2.39. The van der Waals surface area contributed by atoms with Gasteiger partial charge in [0.1, 0.15) is 0 Å². The normalized spacial score (nSPS) is 32.7. The Bertz CT molecular complexity index is 491. The van der Waals surface area contributed by atoms with Crippen molar-refractivity contribution in [2.24, 2.45) is 17.6 Å². The zero-order chi connectivity index (χ0) is 14.1. The first kappa shape index (κ1) is 14.1. The van der Waals surface area contributed by atoms with E-state index in [1.54, 1.807) is 0 Å². The van der Waals surface area contributed by atoms with E-state index in [0.29, 0.717) is 23.9 Å². The molecule has 2 atom stereocenters. The van der Waals surface area contributed by atoms with Crippen LogP contribution in [0.15, 0.2) is 28.7 Å². The molecule has 2 aliphatic carbocycles. The summed E-state index contributed by atoms with van der Waals surface area (Å²) < 4.78 is 0.941. The average Bonchev–Trinajstić information content (AvgIpc) is 2.39. The molecule has 1 aromatic rings. The summed E-state index contributed by atoms with van der Waals surface area (Å²) in [5.74, 6) is 1.17. The number of carbonyl (C=O) groups excluding carboxylic acids is 1. The van der Waals surface area contributed by atoms with E-state index < -0.39 is 0 Å². The summed E-state index contributed by atoms with van der Waals surface area (Å²) >= 11 is 3.42. The molecule has 20 heavy (non-hydrogen) atoms. The minimum Gasteiger partial charge on any atom is -0.349 e. The first-order chi connectivity index (χ1) is 9.63. The van der Waals surface area contributed by atoms with E-state index in [0.717, 1.165) is 22.9 Å². The van der Waals surface area contributed by atoms with Gasteiger partial charge in [-0.3, -0.25) is 4.79 Å². The molecule has 2 saturated carbocycles. The third-order valence-electron chi connectivity index (χ3n) is 4.76. The Morgan fingerprint density at radius 1 is 1.25 bits per heavy atom.